The van der Waals surface area contributed by atoms with E-state index in [2.05, 4.69) is 15.9 Å². The van der Waals surface area contributed by atoms with Gasteiger partial charge in [0.2, 0.25) is 0 Å². The fraction of sp³-hybridized carbons (Fsp3) is 0.250. The molecule has 72 valence electrons. The lowest BCUT2D eigenvalue weighted by Gasteiger charge is -2.12. The van der Waals surface area contributed by atoms with Crippen LogP contribution in [0.25, 0.3) is 0 Å². The van der Waals surface area contributed by atoms with E-state index < -0.39 is 11.7 Å². The molecule has 0 unspecified atom stereocenters. The fourth-order valence-corrected chi connectivity index (χ4v) is 1.64. The smallest absolute Gasteiger partial charge is 0.166 e. The second-order valence-electron chi connectivity index (χ2n) is 2.53. The Kier molecular flexibility index (Phi) is 2.92. The number of alkyl halides is 3. The maximum absolute atomic E-state index is 12.4. The van der Waals surface area contributed by atoms with E-state index in [1.165, 1.54) is 19.1 Å². The van der Waals surface area contributed by atoms with Crippen molar-refractivity contribution in [2.24, 2.45) is 0 Å². The van der Waals surface area contributed by atoms with Crippen LogP contribution in [0.15, 0.2) is 16.6 Å². The Labute approximate surface area is 86.8 Å². The van der Waals surface area contributed by atoms with Crippen LogP contribution >= 0.6 is 27.5 Å². The molecule has 0 N–H and O–H groups in total. The Bertz CT molecular complexity index is 333. The monoisotopic (exact) mass is 272 g/mol. The summed E-state index contributed by atoms with van der Waals surface area (Å²) in [6.07, 6.45) is -4.40. The molecule has 0 radical (unpaired) electrons. The zero-order chi connectivity index (χ0) is 10.2. The van der Waals surface area contributed by atoms with Crippen LogP contribution < -0.4 is 0 Å². The van der Waals surface area contributed by atoms with Gasteiger partial charge in [0.05, 0.1) is 10.6 Å². The van der Waals surface area contributed by atoms with Gasteiger partial charge in [-0.05, 0) is 24.6 Å². The van der Waals surface area contributed by atoms with Gasteiger partial charge in [-0.3, -0.25) is 0 Å². The molecule has 0 saturated heterocycles. The minimum Gasteiger partial charge on any atom is -0.166 e. The van der Waals surface area contributed by atoms with E-state index in [0.29, 0.717) is 4.47 Å². The number of rotatable bonds is 0. The highest BCUT2D eigenvalue weighted by Crippen LogP contribution is 2.39. The molecule has 1 rings (SSSR count). The molecule has 1 aromatic carbocycles. The first-order valence-corrected chi connectivity index (χ1v) is 4.53. The maximum atomic E-state index is 12.4. The Balaban J connectivity index is 3.43. The molecule has 0 saturated carbocycles. The predicted octanol–water partition coefficient (Wildman–Crippen LogP) is 4.43. The summed E-state index contributed by atoms with van der Waals surface area (Å²) < 4.78 is 37.6. The lowest BCUT2D eigenvalue weighted by molar-refractivity contribution is -0.138. The Hall–Kier alpha value is -0.220. The number of halogens is 5. The number of benzene rings is 1. The molecule has 0 heterocycles. The third-order valence-electron chi connectivity index (χ3n) is 1.63. The van der Waals surface area contributed by atoms with Crippen molar-refractivity contribution in [3.8, 4) is 0 Å². The van der Waals surface area contributed by atoms with Crippen LogP contribution in [0.4, 0.5) is 13.2 Å². The molecular formula is C8H5BrClF3. The summed E-state index contributed by atoms with van der Waals surface area (Å²) in [6, 6.07) is 2.72. The first kappa shape index (κ1) is 10.9. The summed E-state index contributed by atoms with van der Waals surface area (Å²) in [7, 11) is 0. The van der Waals surface area contributed by atoms with Gasteiger partial charge in [-0.25, -0.2) is 0 Å². The van der Waals surface area contributed by atoms with E-state index in [4.69, 9.17) is 11.6 Å². The molecule has 0 spiro atoms. The highest BCUT2D eigenvalue weighted by Gasteiger charge is 2.35. The summed E-state index contributed by atoms with van der Waals surface area (Å²) >= 11 is 8.46. The van der Waals surface area contributed by atoms with Crippen molar-refractivity contribution in [3.63, 3.8) is 0 Å². The van der Waals surface area contributed by atoms with E-state index in [9.17, 15) is 13.2 Å². The average Bonchev–Trinajstić information content (AvgIpc) is 1.95. The van der Waals surface area contributed by atoms with Gasteiger partial charge in [-0.1, -0.05) is 27.5 Å². The van der Waals surface area contributed by atoms with Gasteiger partial charge >= 0.3 is 6.18 Å². The third-order valence-corrected chi connectivity index (χ3v) is 2.81. The van der Waals surface area contributed by atoms with Gasteiger partial charge in [-0.15, -0.1) is 0 Å². The zero-order valence-electron chi connectivity index (χ0n) is 6.54. The Morgan fingerprint density at radius 3 is 2.23 bits per heavy atom. The van der Waals surface area contributed by atoms with Crippen LogP contribution in [0.1, 0.15) is 11.1 Å². The van der Waals surface area contributed by atoms with E-state index in [-0.39, 0.29) is 10.6 Å². The summed E-state index contributed by atoms with van der Waals surface area (Å²) in [5.74, 6) is 0. The zero-order valence-corrected chi connectivity index (χ0v) is 8.89. The molecule has 0 aliphatic rings. The first-order valence-electron chi connectivity index (χ1n) is 3.36. The molecule has 0 fully saturated rings. The minimum atomic E-state index is -4.40. The van der Waals surface area contributed by atoms with Crippen molar-refractivity contribution in [2.75, 3.05) is 0 Å². The minimum absolute atomic E-state index is 0.111. The van der Waals surface area contributed by atoms with Crippen LogP contribution in [-0.2, 0) is 6.18 Å². The Morgan fingerprint density at radius 2 is 1.85 bits per heavy atom. The van der Waals surface area contributed by atoms with Gasteiger partial charge in [0.25, 0.3) is 0 Å². The van der Waals surface area contributed by atoms with Gasteiger partial charge in [0, 0.05) is 4.47 Å². The third kappa shape index (κ3) is 2.17. The molecule has 0 aromatic heterocycles. The summed E-state index contributed by atoms with van der Waals surface area (Å²) in [6.45, 7) is 1.37. The highest BCUT2D eigenvalue weighted by molar-refractivity contribution is 9.10. The van der Waals surface area contributed by atoms with E-state index in [1.807, 2.05) is 0 Å². The molecule has 13 heavy (non-hydrogen) atoms. The van der Waals surface area contributed by atoms with Crippen molar-refractivity contribution in [3.05, 3.63) is 32.8 Å². The maximum Gasteiger partial charge on any atom is 0.418 e. The topological polar surface area (TPSA) is 0 Å². The SMILES string of the molecule is Cc1c(Br)ccc(Cl)c1C(F)(F)F. The Morgan fingerprint density at radius 1 is 1.31 bits per heavy atom. The van der Waals surface area contributed by atoms with Crippen molar-refractivity contribution in [1.82, 2.24) is 0 Å². The van der Waals surface area contributed by atoms with Crippen LogP contribution in [0.3, 0.4) is 0 Å². The van der Waals surface area contributed by atoms with Crippen LogP contribution in [-0.4, -0.2) is 0 Å². The number of hydrogen-bond acceptors (Lipinski definition) is 0. The van der Waals surface area contributed by atoms with E-state index >= 15 is 0 Å². The van der Waals surface area contributed by atoms with Crippen molar-refractivity contribution in [1.29, 1.82) is 0 Å². The van der Waals surface area contributed by atoms with Crippen molar-refractivity contribution >= 4 is 27.5 Å². The lowest BCUT2D eigenvalue weighted by atomic mass is 10.1. The molecule has 0 aliphatic carbocycles. The molecule has 1 aromatic rings. The van der Waals surface area contributed by atoms with Gasteiger partial charge in [0.1, 0.15) is 0 Å². The summed E-state index contributed by atoms with van der Waals surface area (Å²) in [4.78, 5) is 0. The largest absolute Gasteiger partial charge is 0.418 e. The first-order chi connectivity index (χ1) is 5.84. The van der Waals surface area contributed by atoms with Crippen LogP contribution in [0, 0.1) is 6.92 Å². The molecule has 0 nitrogen and oxygen atoms in total. The van der Waals surface area contributed by atoms with Crippen molar-refractivity contribution in [2.45, 2.75) is 13.1 Å². The van der Waals surface area contributed by atoms with Gasteiger partial charge in [0.15, 0.2) is 0 Å². The molecule has 0 atom stereocenters. The highest BCUT2D eigenvalue weighted by atomic mass is 79.9. The van der Waals surface area contributed by atoms with Gasteiger partial charge in [-0.2, -0.15) is 13.2 Å². The molecular weight excluding hydrogens is 268 g/mol. The van der Waals surface area contributed by atoms with Gasteiger partial charge < -0.3 is 0 Å². The van der Waals surface area contributed by atoms with Crippen LogP contribution in [0.2, 0.25) is 5.02 Å². The standard InChI is InChI=1S/C8H5BrClF3/c1-4-5(9)2-3-6(10)7(4)8(11,12)13/h2-3H,1H3. The average molecular weight is 273 g/mol. The summed E-state index contributed by atoms with van der Waals surface area (Å²) in [5.41, 5.74) is -0.663. The van der Waals surface area contributed by atoms with Crippen LogP contribution in [0.5, 0.6) is 0 Å². The quantitative estimate of drug-likeness (QED) is 0.656. The fourth-order valence-electron chi connectivity index (χ4n) is 1.00. The second-order valence-corrected chi connectivity index (χ2v) is 3.79. The summed E-state index contributed by atoms with van der Waals surface area (Å²) in [5, 5.41) is -0.270. The molecule has 0 aliphatic heterocycles. The van der Waals surface area contributed by atoms with E-state index in [1.54, 1.807) is 0 Å². The second kappa shape index (κ2) is 3.50. The molecule has 0 amide bonds. The predicted molar refractivity (Wildman–Crippen MR) is 48.9 cm³/mol. The van der Waals surface area contributed by atoms with E-state index in [0.717, 1.165) is 0 Å². The van der Waals surface area contributed by atoms with Crippen molar-refractivity contribution < 1.29 is 13.2 Å². The lowest BCUT2D eigenvalue weighted by Crippen LogP contribution is -2.08. The molecule has 0 bridgehead atoms. The molecule has 5 heteroatoms. The normalized spacial score (nSPS) is 11.8. The number of hydrogen-bond donors (Lipinski definition) is 0.